The lowest BCUT2D eigenvalue weighted by atomic mass is 9.86. The Morgan fingerprint density at radius 3 is 2.56 bits per heavy atom. The summed E-state index contributed by atoms with van der Waals surface area (Å²) in [4.78, 5) is 0. The van der Waals surface area contributed by atoms with Crippen molar-refractivity contribution in [2.45, 2.75) is 26.2 Å². The number of benzene rings is 1. The predicted octanol–water partition coefficient (Wildman–Crippen LogP) is 2.97. The van der Waals surface area contributed by atoms with Gasteiger partial charge >= 0.3 is 0 Å². The molecule has 1 heterocycles. The molecule has 0 bridgehead atoms. The maximum absolute atomic E-state index is 3.88. The molecule has 0 aliphatic carbocycles. The molecule has 0 saturated heterocycles. The van der Waals surface area contributed by atoms with Crippen molar-refractivity contribution in [2.75, 3.05) is 5.32 Å². The van der Waals surface area contributed by atoms with Crippen molar-refractivity contribution in [1.29, 1.82) is 0 Å². The Morgan fingerprint density at radius 1 is 1.19 bits per heavy atom. The van der Waals surface area contributed by atoms with Gasteiger partial charge < -0.3 is 5.32 Å². The summed E-state index contributed by atoms with van der Waals surface area (Å²) in [6, 6.07) is 8.22. The third-order valence-electron chi connectivity index (χ3n) is 2.28. The van der Waals surface area contributed by atoms with Gasteiger partial charge in [-0.2, -0.15) is 0 Å². The quantitative estimate of drug-likeness (QED) is 0.868. The average molecular weight is 234 g/mol. The Morgan fingerprint density at radius 2 is 1.94 bits per heavy atom. The van der Waals surface area contributed by atoms with E-state index in [1.54, 1.807) is 0 Å². The number of hydrogen-bond acceptors (Lipinski definition) is 5. The van der Waals surface area contributed by atoms with Gasteiger partial charge in [0.15, 0.2) is 0 Å². The molecule has 0 fully saturated rings. The maximum Gasteiger partial charge on any atom is 0.229 e. The molecular weight excluding hydrogens is 220 g/mol. The summed E-state index contributed by atoms with van der Waals surface area (Å²) in [7, 11) is 0. The van der Waals surface area contributed by atoms with Gasteiger partial charge in [-0.25, -0.2) is 0 Å². The minimum Gasteiger partial charge on any atom is -0.329 e. The molecule has 5 heteroatoms. The standard InChI is InChI=1S/C11H14N4S/c1-11(2,3)8-6-4-5-7-9(8)12-10-13-14-15-16-10/h4-7H,1-3H3,(H,12,13,15). The van der Waals surface area contributed by atoms with Gasteiger partial charge in [0, 0.05) is 17.2 Å². The van der Waals surface area contributed by atoms with E-state index in [-0.39, 0.29) is 5.41 Å². The highest BCUT2D eigenvalue weighted by atomic mass is 32.1. The first kappa shape index (κ1) is 11.0. The number of rotatable bonds is 2. The molecule has 0 spiro atoms. The molecule has 0 unspecified atom stereocenters. The van der Waals surface area contributed by atoms with Gasteiger partial charge in [-0.05, 0) is 22.3 Å². The summed E-state index contributed by atoms with van der Waals surface area (Å²) in [6.07, 6.45) is 0. The number of nitrogens with zero attached hydrogens (tertiary/aromatic N) is 3. The van der Waals surface area contributed by atoms with Gasteiger partial charge in [-0.15, -0.1) is 0 Å². The topological polar surface area (TPSA) is 50.7 Å². The molecule has 4 nitrogen and oxygen atoms in total. The van der Waals surface area contributed by atoms with E-state index in [0.717, 1.165) is 10.8 Å². The fourth-order valence-electron chi connectivity index (χ4n) is 1.54. The van der Waals surface area contributed by atoms with E-state index >= 15 is 0 Å². The van der Waals surface area contributed by atoms with E-state index in [4.69, 9.17) is 0 Å². The second kappa shape index (κ2) is 4.17. The lowest BCUT2D eigenvalue weighted by molar-refractivity contribution is 0.592. The predicted molar refractivity (Wildman–Crippen MR) is 66.1 cm³/mol. The minimum absolute atomic E-state index is 0.0989. The molecule has 16 heavy (non-hydrogen) atoms. The molecule has 2 rings (SSSR count). The van der Waals surface area contributed by atoms with Crippen molar-refractivity contribution >= 4 is 22.4 Å². The highest BCUT2D eigenvalue weighted by molar-refractivity contribution is 7.09. The van der Waals surface area contributed by atoms with Crippen LogP contribution in [0.3, 0.4) is 0 Å². The second-order valence-electron chi connectivity index (χ2n) is 4.59. The summed E-state index contributed by atoms with van der Waals surface area (Å²) in [5.74, 6) is 0. The number of hydrogen-bond donors (Lipinski definition) is 1. The second-order valence-corrected chi connectivity index (χ2v) is 5.32. The molecule has 1 N–H and O–H groups in total. The first-order valence-electron chi connectivity index (χ1n) is 5.09. The van der Waals surface area contributed by atoms with Crippen LogP contribution in [0, 0.1) is 0 Å². The van der Waals surface area contributed by atoms with Crippen molar-refractivity contribution in [3.05, 3.63) is 29.8 Å². The number of anilines is 2. The number of para-hydroxylation sites is 1. The van der Waals surface area contributed by atoms with Crippen LogP contribution in [0.4, 0.5) is 10.8 Å². The van der Waals surface area contributed by atoms with E-state index in [0.29, 0.717) is 0 Å². The Hall–Kier alpha value is -1.49. The SMILES string of the molecule is CC(C)(C)c1ccccc1Nc1nnns1. The highest BCUT2D eigenvalue weighted by Gasteiger charge is 2.17. The monoisotopic (exact) mass is 234 g/mol. The largest absolute Gasteiger partial charge is 0.329 e. The maximum atomic E-state index is 3.88. The molecule has 84 valence electrons. The molecule has 0 aliphatic heterocycles. The Kier molecular flexibility index (Phi) is 2.87. The zero-order valence-corrected chi connectivity index (χ0v) is 10.4. The van der Waals surface area contributed by atoms with E-state index < -0.39 is 0 Å². The molecule has 0 saturated carbocycles. The molecule has 1 aromatic heterocycles. The van der Waals surface area contributed by atoms with Crippen molar-refractivity contribution < 1.29 is 0 Å². The fraction of sp³-hybridized carbons (Fsp3) is 0.364. The smallest absolute Gasteiger partial charge is 0.229 e. The third kappa shape index (κ3) is 2.36. The fourth-order valence-corrected chi connectivity index (χ4v) is 1.92. The summed E-state index contributed by atoms with van der Waals surface area (Å²) >= 11 is 1.25. The van der Waals surface area contributed by atoms with Crippen LogP contribution in [0.1, 0.15) is 26.3 Å². The molecule has 2 aromatic rings. The van der Waals surface area contributed by atoms with E-state index in [2.05, 4.69) is 47.0 Å². The van der Waals surface area contributed by atoms with Gasteiger partial charge in [0.2, 0.25) is 5.13 Å². The van der Waals surface area contributed by atoms with Crippen LogP contribution in [-0.2, 0) is 5.41 Å². The van der Waals surface area contributed by atoms with E-state index in [1.165, 1.54) is 17.1 Å². The Balaban J connectivity index is 2.34. The molecular formula is C11H14N4S. The lowest BCUT2D eigenvalue weighted by Crippen LogP contribution is -2.13. The van der Waals surface area contributed by atoms with Gasteiger partial charge in [0.05, 0.1) is 0 Å². The highest BCUT2D eigenvalue weighted by Crippen LogP contribution is 2.31. The van der Waals surface area contributed by atoms with Crippen molar-refractivity contribution in [3.63, 3.8) is 0 Å². The van der Waals surface area contributed by atoms with Crippen LogP contribution in [0.5, 0.6) is 0 Å². The molecule has 1 aromatic carbocycles. The zero-order chi connectivity index (χ0) is 11.6. The first-order valence-corrected chi connectivity index (χ1v) is 5.86. The molecule has 0 aliphatic rings. The summed E-state index contributed by atoms with van der Waals surface area (Å²) < 4.78 is 3.73. The van der Waals surface area contributed by atoms with Gasteiger partial charge in [0.1, 0.15) is 0 Å². The van der Waals surface area contributed by atoms with Crippen molar-refractivity contribution in [1.82, 2.24) is 14.8 Å². The Labute approximate surface area is 98.9 Å². The van der Waals surface area contributed by atoms with Crippen LogP contribution >= 0.6 is 11.5 Å². The molecule has 0 radical (unpaired) electrons. The minimum atomic E-state index is 0.0989. The summed E-state index contributed by atoms with van der Waals surface area (Å²) in [6.45, 7) is 6.56. The van der Waals surface area contributed by atoms with E-state index in [9.17, 15) is 0 Å². The number of aromatic nitrogens is 3. The zero-order valence-electron chi connectivity index (χ0n) is 9.56. The third-order valence-corrected chi connectivity index (χ3v) is 2.79. The summed E-state index contributed by atoms with van der Waals surface area (Å²) in [5, 5.41) is 11.4. The first-order chi connectivity index (χ1) is 7.57. The normalized spacial score (nSPS) is 11.4. The van der Waals surface area contributed by atoms with Crippen LogP contribution in [0.25, 0.3) is 0 Å². The van der Waals surface area contributed by atoms with Gasteiger partial charge in [-0.1, -0.05) is 48.6 Å². The van der Waals surface area contributed by atoms with Gasteiger partial charge in [0.25, 0.3) is 0 Å². The van der Waals surface area contributed by atoms with Crippen LogP contribution in [-0.4, -0.2) is 14.8 Å². The van der Waals surface area contributed by atoms with Crippen molar-refractivity contribution in [2.24, 2.45) is 0 Å². The van der Waals surface area contributed by atoms with Crippen LogP contribution in [0.15, 0.2) is 24.3 Å². The molecule has 0 atom stereocenters. The van der Waals surface area contributed by atoms with Gasteiger partial charge in [-0.3, -0.25) is 0 Å². The lowest BCUT2D eigenvalue weighted by Gasteiger charge is -2.22. The number of nitrogens with one attached hydrogen (secondary N) is 1. The van der Waals surface area contributed by atoms with Crippen LogP contribution in [0.2, 0.25) is 0 Å². The Bertz CT molecular complexity index is 459. The van der Waals surface area contributed by atoms with E-state index in [1.807, 2.05) is 18.2 Å². The molecule has 0 amide bonds. The average Bonchev–Trinajstić information content (AvgIpc) is 2.70. The van der Waals surface area contributed by atoms with Crippen LogP contribution < -0.4 is 5.32 Å². The van der Waals surface area contributed by atoms with Crippen molar-refractivity contribution in [3.8, 4) is 0 Å². The summed E-state index contributed by atoms with van der Waals surface area (Å²) in [5.41, 5.74) is 2.42.